The number of benzene rings is 1. The van der Waals surface area contributed by atoms with E-state index < -0.39 is 0 Å². The number of nitrogens with zero attached hydrogens (tertiary/aromatic N) is 2. The minimum Gasteiger partial charge on any atom is -0.380 e. The Morgan fingerprint density at radius 2 is 2.16 bits per heavy atom. The molecule has 0 saturated heterocycles. The summed E-state index contributed by atoms with van der Waals surface area (Å²) in [5.74, 6) is 1.26. The van der Waals surface area contributed by atoms with Gasteiger partial charge in [0.15, 0.2) is 5.82 Å². The van der Waals surface area contributed by atoms with Crippen LogP contribution in [0.15, 0.2) is 28.8 Å². The van der Waals surface area contributed by atoms with Gasteiger partial charge in [0, 0.05) is 20.1 Å². The largest absolute Gasteiger partial charge is 0.380 e. The zero-order chi connectivity index (χ0) is 13.7. The number of hydrogen-bond donors (Lipinski definition) is 1. The molecule has 0 bridgehead atoms. The van der Waals surface area contributed by atoms with E-state index in [0.717, 1.165) is 0 Å². The fourth-order valence-corrected chi connectivity index (χ4v) is 1.88. The van der Waals surface area contributed by atoms with Gasteiger partial charge < -0.3 is 15.0 Å². The Labute approximate surface area is 112 Å². The molecule has 0 aliphatic carbocycles. The van der Waals surface area contributed by atoms with Gasteiger partial charge in [-0.3, -0.25) is 0 Å². The molecular formula is C14H19N3O2. The molecule has 0 aliphatic heterocycles. The smallest absolute Gasteiger partial charge is 0.229 e. The second-order valence-electron chi connectivity index (χ2n) is 4.51. The van der Waals surface area contributed by atoms with E-state index in [4.69, 9.17) is 15.0 Å². The minimum atomic E-state index is -0.0771. The molecule has 0 amide bonds. The van der Waals surface area contributed by atoms with Crippen molar-refractivity contribution in [3.63, 3.8) is 0 Å². The van der Waals surface area contributed by atoms with Crippen molar-refractivity contribution in [2.75, 3.05) is 13.7 Å². The third-order valence-corrected chi connectivity index (χ3v) is 3.12. The van der Waals surface area contributed by atoms with E-state index in [0.29, 0.717) is 31.1 Å². The first-order valence-corrected chi connectivity index (χ1v) is 6.31. The van der Waals surface area contributed by atoms with Crippen LogP contribution >= 0.6 is 0 Å². The molecule has 0 spiro atoms. The summed E-state index contributed by atoms with van der Waals surface area (Å²) >= 11 is 0. The normalized spacial score (nSPS) is 12.6. The first-order valence-electron chi connectivity index (χ1n) is 6.31. The lowest BCUT2D eigenvalue weighted by atomic mass is 10.1. The number of methoxy groups -OCH3 is 1. The molecule has 1 aromatic carbocycles. The molecule has 1 unspecified atom stereocenters. The first-order chi connectivity index (χ1) is 9.22. The monoisotopic (exact) mass is 261 g/mol. The highest BCUT2D eigenvalue weighted by atomic mass is 16.5. The third-order valence-electron chi connectivity index (χ3n) is 3.12. The number of nitrogens with two attached hydrogens (primary N) is 1. The van der Waals surface area contributed by atoms with E-state index in [1.54, 1.807) is 7.11 Å². The third kappa shape index (κ3) is 3.62. The Morgan fingerprint density at radius 1 is 1.37 bits per heavy atom. The summed E-state index contributed by atoms with van der Waals surface area (Å²) in [4.78, 5) is 4.37. The van der Waals surface area contributed by atoms with Crippen LogP contribution in [0.5, 0.6) is 0 Å². The Bertz CT molecular complexity index is 521. The van der Waals surface area contributed by atoms with Gasteiger partial charge in [0.05, 0.1) is 12.5 Å². The Kier molecular flexibility index (Phi) is 4.65. The molecule has 2 N–H and O–H groups in total. The molecule has 5 nitrogen and oxygen atoms in total. The molecule has 2 aromatic rings. The predicted molar refractivity (Wildman–Crippen MR) is 71.8 cm³/mol. The molecular weight excluding hydrogens is 242 g/mol. The Morgan fingerprint density at radius 3 is 2.84 bits per heavy atom. The molecule has 2 rings (SSSR count). The van der Waals surface area contributed by atoms with Crippen LogP contribution in [0.1, 0.15) is 22.8 Å². The summed E-state index contributed by atoms with van der Waals surface area (Å²) in [7, 11) is 1.63. The molecule has 0 fully saturated rings. The SMILES string of the molecule is COC(CN)Cc1nc(Cc2ccccc2C)no1. The molecule has 0 aliphatic rings. The highest BCUT2D eigenvalue weighted by Gasteiger charge is 2.13. The molecule has 1 atom stereocenters. The second-order valence-corrected chi connectivity index (χ2v) is 4.51. The summed E-state index contributed by atoms with van der Waals surface area (Å²) in [5, 5.41) is 3.99. The lowest BCUT2D eigenvalue weighted by Crippen LogP contribution is -2.24. The van der Waals surface area contributed by atoms with Crippen LogP contribution in [-0.2, 0) is 17.6 Å². The fraction of sp³-hybridized carbons (Fsp3) is 0.429. The van der Waals surface area contributed by atoms with Crippen molar-refractivity contribution < 1.29 is 9.26 Å². The average molecular weight is 261 g/mol. The highest BCUT2D eigenvalue weighted by molar-refractivity contribution is 5.27. The quantitative estimate of drug-likeness (QED) is 0.852. The van der Waals surface area contributed by atoms with Crippen molar-refractivity contribution in [3.05, 3.63) is 47.1 Å². The van der Waals surface area contributed by atoms with Crippen molar-refractivity contribution >= 4 is 0 Å². The van der Waals surface area contributed by atoms with Gasteiger partial charge in [-0.25, -0.2) is 0 Å². The van der Waals surface area contributed by atoms with Gasteiger partial charge in [-0.15, -0.1) is 0 Å². The van der Waals surface area contributed by atoms with E-state index >= 15 is 0 Å². The summed E-state index contributed by atoms with van der Waals surface area (Å²) in [6.07, 6.45) is 1.15. The van der Waals surface area contributed by atoms with E-state index in [2.05, 4.69) is 29.2 Å². The number of hydrogen-bond acceptors (Lipinski definition) is 5. The predicted octanol–water partition coefficient (Wildman–Crippen LogP) is 1.49. The van der Waals surface area contributed by atoms with Crippen molar-refractivity contribution in [1.29, 1.82) is 0 Å². The van der Waals surface area contributed by atoms with Crippen LogP contribution < -0.4 is 5.73 Å². The molecule has 1 heterocycles. The maximum absolute atomic E-state index is 5.57. The van der Waals surface area contributed by atoms with Gasteiger partial charge >= 0.3 is 0 Å². The van der Waals surface area contributed by atoms with Crippen LogP contribution in [0.4, 0.5) is 0 Å². The van der Waals surface area contributed by atoms with Gasteiger partial charge in [-0.2, -0.15) is 4.98 Å². The van der Waals surface area contributed by atoms with Crippen LogP contribution in [0.3, 0.4) is 0 Å². The van der Waals surface area contributed by atoms with Crippen molar-refractivity contribution in [2.24, 2.45) is 5.73 Å². The summed E-state index contributed by atoms with van der Waals surface area (Å²) in [6.45, 7) is 2.51. The summed E-state index contributed by atoms with van der Waals surface area (Å²) in [5.41, 5.74) is 8.00. The number of aromatic nitrogens is 2. The standard InChI is InChI=1S/C14H19N3O2/c1-10-5-3-4-6-11(10)7-13-16-14(19-17-13)8-12(9-15)18-2/h3-6,12H,7-9,15H2,1-2H3. The fourth-order valence-electron chi connectivity index (χ4n) is 1.88. The lowest BCUT2D eigenvalue weighted by Gasteiger charge is -2.08. The maximum atomic E-state index is 5.57. The maximum Gasteiger partial charge on any atom is 0.229 e. The van der Waals surface area contributed by atoms with Gasteiger partial charge in [0.25, 0.3) is 0 Å². The first kappa shape index (κ1) is 13.7. The zero-order valence-corrected chi connectivity index (χ0v) is 11.3. The van der Waals surface area contributed by atoms with Crippen LogP contribution in [-0.4, -0.2) is 29.9 Å². The second kappa shape index (κ2) is 6.45. The Balaban J connectivity index is 2.03. The average Bonchev–Trinajstić information content (AvgIpc) is 2.86. The summed E-state index contributed by atoms with van der Waals surface area (Å²) < 4.78 is 10.4. The van der Waals surface area contributed by atoms with E-state index in [-0.39, 0.29) is 6.10 Å². The molecule has 0 radical (unpaired) electrons. The van der Waals surface area contributed by atoms with Crippen molar-refractivity contribution in [3.8, 4) is 0 Å². The zero-order valence-electron chi connectivity index (χ0n) is 11.3. The van der Waals surface area contributed by atoms with Crippen LogP contribution in [0.25, 0.3) is 0 Å². The molecule has 102 valence electrons. The number of rotatable bonds is 6. The van der Waals surface area contributed by atoms with Crippen molar-refractivity contribution in [1.82, 2.24) is 10.1 Å². The molecule has 19 heavy (non-hydrogen) atoms. The molecule has 1 aromatic heterocycles. The topological polar surface area (TPSA) is 74.2 Å². The number of aryl methyl sites for hydroxylation is 1. The van der Waals surface area contributed by atoms with E-state index in [1.807, 2.05) is 12.1 Å². The van der Waals surface area contributed by atoms with Crippen LogP contribution in [0.2, 0.25) is 0 Å². The molecule has 5 heteroatoms. The van der Waals surface area contributed by atoms with Gasteiger partial charge in [-0.05, 0) is 18.1 Å². The highest BCUT2D eigenvalue weighted by Crippen LogP contribution is 2.12. The molecule has 0 saturated carbocycles. The lowest BCUT2D eigenvalue weighted by molar-refractivity contribution is 0.102. The van der Waals surface area contributed by atoms with Gasteiger partial charge in [-0.1, -0.05) is 29.4 Å². The van der Waals surface area contributed by atoms with Crippen LogP contribution in [0, 0.1) is 6.92 Å². The summed E-state index contributed by atoms with van der Waals surface area (Å²) in [6, 6.07) is 8.18. The Hall–Kier alpha value is -1.72. The minimum absolute atomic E-state index is 0.0771. The van der Waals surface area contributed by atoms with Crippen molar-refractivity contribution in [2.45, 2.75) is 25.9 Å². The van der Waals surface area contributed by atoms with Gasteiger partial charge in [0.2, 0.25) is 5.89 Å². The van der Waals surface area contributed by atoms with E-state index in [1.165, 1.54) is 11.1 Å². The van der Waals surface area contributed by atoms with E-state index in [9.17, 15) is 0 Å². The van der Waals surface area contributed by atoms with Gasteiger partial charge in [0.1, 0.15) is 0 Å². The number of ether oxygens (including phenoxy) is 1.